The fourth-order valence-corrected chi connectivity index (χ4v) is 8.86. The van der Waals surface area contributed by atoms with Crippen LogP contribution in [0.2, 0.25) is 0 Å². The molecule has 0 aliphatic heterocycles. The van der Waals surface area contributed by atoms with Crippen LogP contribution in [0.4, 0.5) is 0 Å². The van der Waals surface area contributed by atoms with Crippen molar-refractivity contribution >= 4 is 5.97 Å². The molecule has 3 saturated carbocycles. The molecule has 0 radical (unpaired) electrons. The average molecular weight is 635 g/mol. The number of fused-ring (bicyclic) bond motifs is 1. The van der Waals surface area contributed by atoms with Crippen LogP contribution in [0, 0.1) is 35.0 Å². The first-order chi connectivity index (χ1) is 22.2. The molecule has 3 rings (SSSR count). The van der Waals surface area contributed by atoms with Crippen LogP contribution in [0.5, 0.6) is 0 Å². The molecule has 2 nitrogen and oxygen atoms in total. The maximum atomic E-state index is 12.7. The number of rotatable bonds is 20. The number of carbonyl (C=O) groups excluding carboxylic acids is 1. The zero-order valence-electron chi connectivity index (χ0n) is 31.4. The monoisotopic (exact) mass is 635 g/mol. The summed E-state index contributed by atoms with van der Waals surface area (Å²) in [5.74, 6) is 3.47. The molecule has 0 amide bonds. The van der Waals surface area contributed by atoms with Crippen LogP contribution >= 0.6 is 0 Å². The fraction of sp³-hybridized carbons (Fsp3) is 0.795. The highest BCUT2D eigenvalue weighted by molar-refractivity contribution is 5.69. The number of hydrogen-bond donors (Lipinski definition) is 0. The van der Waals surface area contributed by atoms with E-state index >= 15 is 0 Å². The van der Waals surface area contributed by atoms with Crippen LogP contribution in [-0.4, -0.2) is 12.1 Å². The van der Waals surface area contributed by atoms with Gasteiger partial charge >= 0.3 is 5.97 Å². The summed E-state index contributed by atoms with van der Waals surface area (Å²) in [6.07, 6.45) is 36.9. The largest absolute Gasteiger partial charge is 0.462 e. The van der Waals surface area contributed by atoms with Crippen molar-refractivity contribution in [3.05, 3.63) is 47.6 Å². The molecule has 3 aliphatic rings. The number of esters is 1. The second-order valence-corrected chi connectivity index (χ2v) is 16.3. The van der Waals surface area contributed by atoms with Gasteiger partial charge in [-0.2, -0.15) is 0 Å². The number of hydrogen-bond acceptors (Lipinski definition) is 2. The molecule has 46 heavy (non-hydrogen) atoms. The Labute approximate surface area is 286 Å². The summed E-state index contributed by atoms with van der Waals surface area (Å²) in [5, 5.41) is 0. The van der Waals surface area contributed by atoms with E-state index in [1.165, 1.54) is 114 Å². The van der Waals surface area contributed by atoms with Crippen molar-refractivity contribution in [2.24, 2.45) is 35.0 Å². The third-order valence-electron chi connectivity index (χ3n) is 12.4. The topological polar surface area (TPSA) is 26.3 Å². The van der Waals surface area contributed by atoms with Crippen molar-refractivity contribution in [2.75, 3.05) is 0 Å². The molecule has 6 atom stereocenters. The Hall–Kier alpha value is -1.57. The Bertz CT molecular complexity index is 997. The highest BCUT2D eigenvalue weighted by Gasteiger charge is 2.50. The molecule has 262 valence electrons. The van der Waals surface area contributed by atoms with Crippen molar-refractivity contribution in [3.63, 3.8) is 0 Å². The molecule has 0 saturated heterocycles. The summed E-state index contributed by atoms with van der Waals surface area (Å²) in [6.45, 7) is 18.8. The van der Waals surface area contributed by atoms with Gasteiger partial charge in [-0.15, -0.1) is 0 Å². The summed E-state index contributed by atoms with van der Waals surface area (Å²) < 4.78 is 6.00. The molecular formula is C44H74O2. The number of unbranched alkanes of at least 4 members (excludes halogenated alkanes) is 12. The summed E-state index contributed by atoms with van der Waals surface area (Å²) in [5.41, 5.74) is 4.60. The van der Waals surface area contributed by atoms with Gasteiger partial charge in [0.25, 0.3) is 0 Å². The van der Waals surface area contributed by atoms with E-state index in [2.05, 4.69) is 72.4 Å². The molecule has 0 aromatic rings. The first kappa shape index (κ1) is 38.9. The lowest BCUT2D eigenvalue weighted by molar-refractivity contribution is -0.149. The SMILES string of the molecule is C=C1CCC(OC(=O)CCCCCCCCCCCCCCC)CC1=CC=C1CCC[C@]2(C)[C@@H]([C@H](C)C=C[C@H](C)C(C)C)CC[C@@H]12. The molecule has 0 N–H and O–H groups in total. The predicted octanol–water partition coefficient (Wildman–Crippen LogP) is 13.7. The zero-order chi connectivity index (χ0) is 33.4. The minimum Gasteiger partial charge on any atom is -0.462 e. The van der Waals surface area contributed by atoms with Gasteiger partial charge in [-0.3, -0.25) is 4.79 Å². The van der Waals surface area contributed by atoms with E-state index in [0.717, 1.165) is 38.0 Å². The maximum absolute atomic E-state index is 12.7. The maximum Gasteiger partial charge on any atom is 0.306 e. The van der Waals surface area contributed by atoms with Crippen LogP contribution in [0.25, 0.3) is 0 Å². The van der Waals surface area contributed by atoms with Crippen LogP contribution in [0.1, 0.15) is 183 Å². The molecule has 0 aromatic carbocycles. The highest BCUT2D eigenvalue weighted by atomic mass is 16.5. The van der Waals surface area contributed by atoms with E-state index in [0.29, 0.717) is 35.5 Å². The predicted molar refractivity (Wildman–Crippen MR) is 200 cm³/mol. The molecule has 0 aromatic heterocycles. The van der Waals surface area contributed by atoms with E-state index in [1.54, 1.807) is 5.57 Å². The van der Waals surface area contributed by atoms with Gasteiger partial charge in [-0.1, -0.05) is 161 Å². The van der Waals surface area contributed by atoms with Crippen molar-refractivity contribution in [1.29, 1.82) is 0 Å². The summed E-state index contributed by atoms with van der Waals surface area (Å²) >= 11 is 0. The Kier molecular flexibility index (Phi) is 17.5. The first-order valence-electron chi connectivity index (χ1n) is 20.1. The lowest BCUT2D eigenvalue weighted by Gasteiger charge is -2.44. The molecule has 0 spiro atoms. The van der Waals surface area contributed by atoms with Gasteiger partial charge in [0.05, 0.1) is 0 Å². The van der Waals surface area contributed by atoms with Crippen LogP contribution < -0.4 is 0 Å². The quantitative estimate of drug-likeness (QED) is 0.0756. The van der Waals surface area contributed by atoms with E-state index in [4.69, 9.17) is 4.74 Å². The minimum absolute atomic E-state index is 0.00397. The van der Waals surface area contributed by atoms with Gasteiger partial charge in [0, 0.05) is 12.8 Å². The lowest BCUT2D eigenvalue weighted by atomic mass is 9.61. The summed E-state index contributed by atoms with van der Waals surface area (Å²) in [7, 11) is 0. The van der Waals surface area contributed by atoms with E-state index in [-0.39, 0.29) is 12.1 Å². The Morgan fingerprint density at radius 2 is 1.48 bits per heavy atom. The van der Waals surface area contributed by atoms with Gasteiger partial charge in [-0.25, -0.2) is 0 Å². The Morgan fingerprint density at radius 1 is 0.848 bits per heavy atom. The van der Waals surface area contributed by atoms with Crippen LogP contribution in [0.15, 0.2) is 47.6 Å². The minimum atomic E-state index is 0.00397. The van der Waals surface area contributed by atoms with Gasteiger partial charge < -0.3 is 4.74 Å². The molecular weight excluding hydrogens is 560 g/mol. The van der Waals surface area contributed by atoms with E-state index in [9.17, 15) is 4.79 Å². The van der Waals surface area contributed by atoms with Crippen LogP contribution in [-0.2, 0) is 9.53 Å². The Morgan fingerprint density at radius 3 is 2.11 bits per heavy atom. The molecule has 1 unspecified atom stereocenters. The van der Waals surface area contributed by atoms with Gasteiger partial charge in [0.2, 0.25) is 0 Å². The molecule has 3 fully saturated rings. The van der Waals surface area contributed by atoms with Gasteiger partial charge in [0.15, 0.2) is 0 Å². The average Bonchev–Trinajstić information content (AvgIpc) is 3.39. The van der Waals surface area contributed by atoms with Crippen molar-refractivity contribution in [1.82, 2.24) is 0 Å². The van der Waals surface area contributed by atoms with E-state index < -0.39 is 0 Å². The summed E-state index contributed by atoms with van der Waals surface area (Å²) in [6, 6.07) is 0. The normalized spacial score (nSPS) is 28.3. The molecule has 3 aliphatic carbocycles. The smallest absolute Gasteiger partial charge is 0.306 e. The lowest BCUT2D eigenvalue weighted by Crippen LogP contribution is -2.35. The zero-order valence-corrected chi connectivity index (χ0v) is 31.4. The van der Waals surface area contributed by atoms with Gasteiger partial charge in [0.1, 0.15) is 6.10 Å². The number of carbonyl (C=O) groups is 1. The highest BCUT2D eigenvalue weighted by Crippen LogP contribution is 2.59. The van der Waals surface area contributed by atoms with Crippen molar-refractivity contribution in [2.45, 2.75) is 189 Å². The third-order valence-corrected chi connectivity index (χ3v) is 12.4. The molecule has 2 heteroatoms. The summed E-state index contributed by atoms with van der Waals surface area (Å²) in [4.78, 5) is 12.7. The standard InChI is InChI=1S/C44H74O2/c1-8-9-10-11-12-13-14-15-16-17-18-19-20-23-43(45)46-40-29-26-36(5)39(33-40)28-27-38-22-21-32-44(7)41(30-31-42(38)44)37(6)25-24-35(4)34(2)3/h24-25,27-28,34-35,37,40-42H,5,8-23,26,29-33H2,1-4,6-7H3/t35-,37+,40?,41+,42-,44+/m0/s1. The second kappa shape index (κ2) is 20.7. The van der Waals surface area contributed by atoms with Crippen molar-refractivity contribution in [3.8, 4) is 0 Å². The van der Waals surface area contributed by atoms with Gasteiger partial charge in [-0.05, 0) is 91.9 Å². The third kappa shape index (κ3) is 12.5. The van der Waals surface area contributed by atoms with E-state index in [1.807, 2.05) is 0 Å². The number of ether oxygens (including phenoxy) is 1. The first-order valence-corrected chi connectivity index (χ1v) is 20.1. The fourth-order valence-electron chi connectivity index (χ4n) is 8.86. The second-order valence-electron chi connectivity index (χ2n) is 16.3. The molecule has 0 bridgehead atoms. The van der Waals surface area contributed by atoms with Crippen molar-refractivity contribution < 1.29 is 9.53 Å². The molecule has 0 heterocycles. The van der Waals surface area contributed by atoms with Crippen LogP contribution in [0.3, 0.4) is 0 Å². The number of allylic oxidation sites excluding steroid dienone is 6. The Balaban J connectivity index is 1.39.